The van der Waals surface area contributed by atoms with Gasteiger partial charge in [0, 0.05) is 26.9 Å². The summed E-state index contributed by atoms with van der Waals surface area (Å²) in [5.41, 5.74) is 3.91. The van der Waals surface area contributed by atoms with Gasteiger partial charge in [0.15, 0.2) is 0 Å². The summed E-state index contributed by atoms with van der Waals surface area (Å²) in [5.74, 6) is 0.228. The predicted molar refractivity (Wildman–Crippen MR) is 108 cm³/mol. The van der Waals surface area contributed by atoms with Gasteiger partial charge < -0.3 is 10.1 Å². The monoisotopic (exact) mass is 423 g/mol. The van der Waals surface area contributed by atoms with Crippen molar-refractivity contribution in [2.24, 2.45) is 0 Å². The van der Waals surface area contributed by atoms with Crippen LogP contribution in [0, 0.1) is 5.82 Å². The standard InChI is InChI=1S/C22H15BrFNO2/c23-16-7-10-21(27-13-14-5-8-17(24)9-6-14)15(11-16)12-19-18-3-1-2-4-20(18)25-22(19)26/h1-12H,13H2,(H,25,26)/b19-12+. The van der Waals surface area contributed by atoms with E-state index < -0.39 is 0 Å². The maximum absolute atomic E-state index is 13.1. The topological polar surface area (TPSA) is 38.3 Å². The molecule has 1 amide bonds. The summed E-state index contributed by atoms with van der Waals surface area (Å²) in [5, 5.41) is 2.87. The largest absolute Gasteiger partial charge is 0.488 e. The number of benzene rings is 3. The van der Waals surface area contributed by atoms with Gasteiger partial charge in [-0.05, 0) is 48.0 Å². The summed E-state index contributed by atoms with van der Waals surface area (Å²) < 4.78 is 19.9. The molecule has 1 N–H and O–H groups in total. The molecular formula is C22H15BrFNO2. The van der Waals surface area contributed by atoms with Gasteiger partial charge in [-0.2, -0.15) is 0 Å². The van der Waals surface area contributed by atoms with E-state index in [4.69, 9.17) is 4.74 Å². The van der Waals surface area contributed by atoms with E-state index in [2.05, 4.69) is 21.2 Å². The number of anilines is 1. The molecule has 1 aliphatic rings. The van der Waals surface area contributed by atoms with Crippen molar-refractivity contribution in [2.45, 2.75) is 6.61 Å². The average Bonchev–Trinajstić information content (AvgIpc) is 2.98. The third kappa shape index (κ3) is 3.78. The van der Waals surface area contributed by atoms with Crippen LogP contribution in [0.4, 0.5) is 10.1 Å². The molecule has 0 fully saturated rings. The highest BCUT2D eigenvalue weighted by Crippen LogP contribution is 2.35. The SMILES string of the molecule is O=C1Nc2ccccc2/C1=C\c1cc(Br)ccc1OCc1ccc(F)cc1. The van der Waals surface area contributed by atoms with Crippen molar-refractivity contribution >= 4 is 39.2 Å². The molecule has 3 aromatic rings. The lowest BCUT2D eigenvalue weighted by atomic mass is 10.0. The minimum atomic E-state index is -0.279. The van der Waals surface area contributed by atoms with Crippen molar-refractivity contribution in [3.8, 4) is 5.75 Å². The van der Waals surface area contributed by atoms with Crippen LogP contribution in [-0.2, 0) is 11.4 Å². The van der Waals surface area contributed by atoms with E-state index in [1.165, 1.54) is 12.1 Å². The van der Waals surface area contributed by atoms with E-state index in [0.717, 1.165) is 26.9 Å². The van der Waals surface area contributed by atoms with E-state index in [1.807, 2.05) is 48.5 Å². The van der Waals surface area contributed by atoms with Crippen LogP contribution in [0.3, 0.4) is 0 Å². The second-order valence-corrected chi connectivity index (χ2v) is 7.07. The number of halogens is 2. The van der Waals surface area contributed by atoms with Crippen LogP contribution < -0.4 is 10.1 Å². The summed E-state index contributed by atoms with van der Waals surface area (Å²) in [7, 11) is 0. The zero-order chi connectivity index (χ0) is 18.8. The number of rotatable bonds is 4. The lowest BCUT2D eigenvalue weighted by molar-refractivity contribution is -0.110. The highest BCUT2D eigenvalue weighted by molar-refractivity contribution is 9.10. The first-order valence-electron chi connectivity index (χ1n) is 8.39. The molecular weight excluding hydrogens is 409 g/mol. The van der Waals surface area contributed by atoms with Crippen molar-refractivity contribution in [1.29, 1.82) is 0 Å². The molecule has 0 aliphatic carbocycles. The van der Waals surface area contributed by atoms with Gasteiger partial charge in [0.2, 0.25) is 0 Å². The maximum atomic E-state index is 13.1. The van der Waals surface area contributed by atoms with Gasteiger partial charge in [0.1, 0.15) is 18.2 Å². The first-order chi connectivity index (χ1) is 13.1. The predicted octanol–water partition coefficient (Wildman–Crippen LogP) is 5.66. The third-order valence-corrected chi connectivity index (χ3v) is 4.78. The average molecular weight is 424 g/mol. The third-order valence-electron chi connectivity index (χ3n) is 4.29. The molecule has 0 spiro atoms. The number of ether oxygens (including phenoxy) is 1. The Morgan fingerprint density at radius 2 is 1.81 bits per heavy atom. The van der Waals surface area contributed by atoms with Crippen LogP contribution in [-0.4, -0.2) is 5.91 Å². The number of hydrogen-bond donors (Lipinski definition) is 1. The Morgan fingerprint density at radius 1 is 1.04 bits per heavy atom. The summed E-state index contributed by atoms with van der Waals surface area (Å²) in [6.45, 7) is 0.306. The molecule has 0 unspecified atom stereocenters. The van der Waals surface area contributed by atoms with Gasteiger partial charge in [-0.25, -0.2) is 4.39 Å². The van der Waals surface area contributed by atoms with Crippen LogP contribution in [0.15, 0.2) is 71.2 Å². The van der Waals surface area contributed by atoms with Crippen LogP contribution in [0.25, 0.3) is 11.6 Å². The zero-order valence-corrected chi connectivity index (χ0v) is 15.8. The summed E-state index contributed by atoms with van der Waals surface area (Å²) in [6.07, 6.45) is 1.83. The molecule has 1 heterocycles. The number of hydrogen-bond acceptors (Lipinski definition) is 2. The van der Waals surface area contributed by atoms with Gasteiger partial charge in [0.25, 0.3) is 5.91 Å². The number of amides is 1. The molecule has 0 atom stereocenters. The first kappa shape index (κ1) is 17.5. The normalized spacial score (nSPS) is 14.1. The van der Waals surface area contributed by atoms with E-state index in [0.29, 0.717) is 17.9 Å². The van der Waals surface area contributed by atoms with Crippen molar-refractivity contribution in [3.63, 3.8) is 0 Å². The molecule has 0 bridgehead atoms. The lowest BCUT2D eigenvalue weighted by Crippen LogP contribution is -2.04. The highest BCUT2D eigenvalue weighted by atomic mass is 79.9. The molecule has 5 heteroatoms. The number of nitrogens with one attached hydrogen (secondary N) is 1. The zero-order valence-electron chi connectivity index (χ0n) is 14.2. The molecule has 4 rings (SSSR count). The molecule has 27 heavy (non-hydrogen) atoms. The molecule has 0 saturated heterocycles. The fourth-order valence-corrected chi connectivity index (χ4v) is 3.32. The molecule has 1 aliphatic heterocycles. The Morgan fingerprint density at radius 3 is 2.63 bits per heavy atom. The molecule has 3 nitrogen and oxygen atoms in total. The lowest BCUT2D eigenvalue weighted by Gasteiger charge is -2.11. The number of carbonyl (C=O) groups is 1. The Balaban J connectivity index is 1.66. The fourth-order valence-electron chi connectivity index (χ4n) is 2.94. The minimum Gasteiger partial charge on any atom is -0.488 e. The summed E-state index contributed by atoms with van der Waals surface area (Å²) >= 11 is 3.47. The Hall–Kier alpha value is -2.92. The minimum absolute atomic E-state index is 0.138. The Labute approximate surface area is 164 Å². The van der Waals surface area contributed by atoms with Crippen molar-refractivity contribution in [3.05, 3.63) is 93.7 Å². The summed E-state index contributed by atoms with van der Waals surface area (Å²) in [6, 6.07) is 19.4. The number of fused-ring (bicyclic) bond motifs is 1. The van der Waals surface area contributed by atoms with Crippen molar-refractivity contribution in [1.82, 2.24) is 0 Å². The number of carbonyl (C=O) groups excluding carboxylic acids is 1. The second-order valence-electron chi connectivity index (χ2n) is 6.16. The van der Waals surface area contributed by atoms with Crippen molar-refractivity contribution in [2.75, 3.05) is 5.32 Å². The van der Waals surface area contributed by atoms with Crippen LogP contribution in [0.1, 0.15) is 16.7 Å². The quantitative estimate of drug-likeness (QED) is 0.549. The van der Waals surface area contributed by atoms with Crippen LogP contribution in [0.5, 0.6) is 5.75 Å². The van der Waals surface area contributed by atoms with Gasteiger partial charge in [0.05, 0.1) is 0 Å². The Kier molecular flexibility index (Phi) is 4.77. The van der Waals surface area contributed by atoms with Gasteiger partial charge >= 0.3 is 0 Å². The number of para-hydroxylation sites is 1. The van der Waals surface area contributed by atoms with E-state index in [9.17, 15) is 9.18 Å². The van der Waals surface area contributed by atoms with Crippen LogP contribution >= 0.6 is 15.9 Å². The fraction of sp³-hybridized carbons (Fsp3) is 0.0455. The van der Waals surface area contributed by atoms with Gasteiger partial charge in [-0.1, -0.05) is 46.3 Å². The molecule has 0 radical (unpaired) electrons. The highest BCUT2D eigenvalue weighted by Gasteiger charge is 2.23. The molecule has 3 aromatic carbocycles. The second kappa shape index (κ2) is 7.37. The summed E-state index contributed by atoms with van der Waals surface area (Å²) in [4.78, 5) is 12.4. The van der Waals surface area contributed by atoms with Gasteiger partial charge in [-0.3, -0.25) is 4.79 Å². The van der Waals surface area contributed by atoms with E-state index in [-0.39, 0.29) is 11.7 Å². The van der Waals surface area contributed by atoms with E-state index in [1.54, 1.807) is 12.1 Å². The first-order valence-corrected chi connectivity index (χ1v) is 9.19. The molecule has 0 saturated carbocycles. The maximum Gasteiger partial charge on any atom is 0.256 e. The van der Waals surface area contributed by atoms with Crippen molar-refractivity contribution < 1.29 is 13.9 Å². The van der Waals surface area contributed by atoms with Crippen LogP contribution in [0.2, 0.25) is 0 Å². The smallest absolute Gasteiger partial charge is 0.256 e. The molecule has 0 aromatic heterocycles. The Bertz CT molecular complexity index is 1040. The van der Waals surface area contributed by atoms with Gasteiger partial charge in [-0.15, -0.1) is 0 Å². The molecule has 134 valence electrons. The van der Waals surface area contributed by atoms with E-state index >= 15 is 0 Å².